The van der Waals surface area contributed by atoms with Crippen molar-refractivity contribution >= 4 is 0 Å². The molecule has 1 nitrogen and oxygen atoms in total. The van der Waals surface area contributed by atoms with E-state index in [0.717, 1.165) is 12.0 Å². The third kappa shape index (κ3) is 2.48. The van der Waals surface area contributed by atoms with Crippen molar-refractivity contribution in [1.82, 2.24) is 5.32 Å². The summed E-state index contributed by atoms with van der Waals surface area (Å²) in [7, 11) is 0. The smallest absolute Gasteiger partial charge is 0.0125 e. The Kier molecular flexibility index (Phi) is 2.58. The molecule has 2 unspecified atom stereocenters. The summed E-state index contributed by atoms with van der Waals surface area (Å²) < 4.78 is 0. The number of hydrogen-bond acceptors (Lipinski definition) is 1. The topological polar surface area (TPSA) is 12.0 Å². The van der Waals surface area contributed by atoms with Crippen LogP contribution in [0.3, 0.4) is 0 Å². The summed E-state index contributed by atoms with van der Waals surface area (Å²) in [6.07, 6.45) is 2.66. The number of rotatable bonds is 4. The summed E-state index contributed by atoms with van der Waals surface area (Å²) in [6, 6.07) is 0.802. The van der Waals surface area contributed by atoms with Gasteiger partial charge in [-0.2, -0.15) is 0 Å². The Bertz CT molecular complexity index is 129. The van der Waals surface area contributed by atoms with Crippen molar-refractivity contribution in [3.05, 3.63) is 0 Å². The minimum absolute atomic E-state index is 0.591. The van der Waals surface area contributed by atoms with Crippen LogP contribution in [0.25, 0.3) is 0 Å². The van der Waals surface area contributed by atoms with E-state index in [0.29, 0.717) is 5.41 Å². The zero-order chi connectivity index (χ0) is 8.48. The Labute approximate surface area is 70.6 Å². The maximum Gasteiger partial charge on any atom is 0.0125 e. The van der Waals surface area contributed by atoms with Gasteiger partial charge >= 0.3 is 0 Å². The zero-order valence-electron chi connectivity index (χ0n) is 8.28. The van der Waals surface area contributed by atoms with Gasteiger partial charge in [0.1, 0.15) is 0 Å². The van der Waals surface area contributed by atoms with Gasteiger partial charge in [0.15, 0.2) is 0 Å². The van der Waals surface area contributed by atoms with Crippen LogP contribution in [0, 0.1) is 11.3 Å². The summed E-state index contributed by atoms with van der Waals surface area (Å²) in [4.78, 5) is 0. The molecule has 0 amide bonds. The van der Waals surface area contributed by atoms with Gasteiger partial charge in [-0.15, -0.1) is 0 Å². The van der Waals surface area contributed by atoms with Gasteiger partial charge in [-0.25, -0.2) is 0 Å². The van der Waals surface area contributed by atoms with Gasteiger partial charge in [-0.05, 0) is 24.3 Å². The van der Waals surface area contributed by atoms with Crippen LogP contribution in [0.4, 0.5) is 0 Å². The van der Waals surface area contributed by atoms with Crippen LogP contribution >= 0.6 is 0 Å². The van der Waals surface area contributed by atoms with E-state index in [2.05, 4.69) is 33.0 Å². The minimum Gasteiger partial charge on any atom is -0.313 e. The van der Waals surface area contributed by atoms with Crippen LogP contribution in [0.1, 0.15) is 40.5 Å². The number of hydrogen-bond donors (Lipinski definition) is 1. The quantitative estimate of drug-likeness (QED) is 0.657. The standard InChI is InChI=1S/C10H21N/c1-5-8(2)7-11-9-6-10(9,3)4/h8-9,11H,5-7H2,1-4H3. The molecule has 0 bridgehead atoms. The Morgan fingerprint density at radius 2 is 2.09 bits per heavy atom. The highest BCUT2D eigenvalue weighted by atomic mass is 15.0. The summed E-state index contributed by atoms with van der Waals surface area (Å²) in [5.41, 5.74) is 0.591. The predicted octanol–water partition coefficient (Wildman–Crippen LogP) is 2.42. The first-order valence-electron chi connectivity index (χ1n) is 4.79. The van der Waals surface area contributed by atoms with E-state index in [4.69, 9.17) is 0 Å². The average molecular weight is 155 g/mol. The lowest BCUT2D eigenvalue weighted by molar-refractivity contribution is 0.464. The molecule has 1 heteroatoms. The summed E-state index contributed by atoms with van der Waals surface area (Å²) in [5.74, 6) is 0.839. The first-order chi connectivity index (χ1) is 5.06. The van der Waals surface area contributed by atoms with Gasteiger partial charge in [-0.1, -0.05) is 34.1 Å². The molecule has 0 heterocycles. The molecule has 0 aromatic heterocycles. The molecule has 0 aromatic carbocycles. The van der Waals surface area contributed by atoms with Crippen molar-refractivity contribution < 1.29 is 0 Å². The molecule has 1 aliphatic carbocycles. The van der Waals surface area contributed by atoms with Crippen molar-refractivity contribution in [2.75, 3.05) is 6.54 Å². The van der Waals surface area contributed by atoms with Gasteiger partial charge < -0.3 is 5.32 Å². The second kappa shape index (κ2) is 3.14. The number of nitrogens with one attached hydrogen (secondary N) is 1. The van der Waals surface area contributed by atoms with Crippen molar-refractivity contribution in [1.29, 1.82) is 0 Å². The van der Waals surface area contributed by atoms with Crippen molar-refractivity contribution in [2.45, 2.75) is 46.6 Å². The lowest BCUT2D eigenvalue weighted by Crippen LogP contribution is -2.25. The van der Waals surface area contributed by atoms with E-state index >= 15 is 0 Å². The molecule has 0 saturated heterocycles. The van der Waals surface area contributed by atoms with Crippen LogP contribution in [0.5, 0.6) is 0 Å². The Balaban J connectivity index is 2.06. The molecular weight excluding hydrogens is 134 g/mol. The fraction of sp³-hybridized carbons (Fsp3) is 1.00. The lowest BCUT2D eigenvalue weighted by Gasteiger charge is -2.10. The van der Waals surface area contributed by atoms with Gasteiger partial charge in [-0.3, -0.25) is 0 Å². The van der Waals surface area contributed by atoms with Crippen molar-refractivity contribution in [3.63, 3.8) is 0 Å². The molecule has 0 spiro atoms. The van der Waals surface area contributed by atoms with Gasteiger partial charge in [0.05, 0.1) is 0 Å². The lowest BCUT2D eigenvalue weighted by atomic mass is 10.1. The molecule has 0 radical (unpaired) electrons. The Morgan fingerprint density at radius 1 is 1.55 bits per heavy atom. The van der Waals surface area contributed by atoms with E-state index in [1.54, 1.807) is 0 Å². The van der Waals surface area contributed by atoms with E-state index in [1.807, 2.05) is 0 Å². The maximum atomic E-state index is 3.60. The van der Waals surface area contributed by atoms with Gasteiger partial charge in [0.2, 0.25) is 0 Å². The molecule has 66 valence electrons. The third-order valence-corrected chi connectivity index (χ3v) is 2.92. The summed E-state index contributed by atoms with van der Waals surface area (Å²) >= 11 is 0. The van der Waals surface area contributed by atoms with Crippen LogP contribution in [-0.4, -0.2) is 12.6 Å². The SMILES string of the molecule is CCC(C)CNC1CC1(C)C. The summed E-state index contributed by atoms with van der Waals surface area (Å²) in [5, 5.41) is 3.60. The maximum absolute atomic E-state index is 3.60. The zero-order valence-corrected chi connectivity index (χ0v) is 8.28. The molecule has 11 heavy (non-hydrogen) atoms. The van der Waals surface area contributed by atoms with E-state index < -0.39 is 0 Å². The average Bonchev–Trinajstić information content (AvgIpc) is 2.54. The third-order valence-electron chi connectivity index (χ3n) is 2.92. The first-order valence-corrected chi connectivity index (χ1v) is 4.79. The second-order valence-electron chi connectivity index (χ2n) is 4.67. The van der Waals surface area contributed by atoms with Gasteiger partial charge in [0.25, 0.3) is 0 Å². The summed E-state index contributed by atoms with van der Waals surface area (Å²) in [6.45, 7) is 10.4. The minimum atomic E-state index is 0.591. The fourth-order valence-corrected chi connectivity index (χ4v) is 1.30. The monoisotopic (exact) mass is 155 g/mol. The molecule has 1 fully saturated rings. The first kappa shape index (κ1) is 9.05. The Hall–Kier alpha value is -0.0400. The normalized spacial score (nSPS) is 30.0. The van der Waals surface area contributed by atoms with Crippen LogP contribution < -0.4 is 5.32 Å². The second-order valence-corrected chi connectivity index (χ2v) is 4.67. The molecule has 0 aromatic rings. The van der Waals surface area contributed by atoms with Crippen molar-refractivity contribution in [2.24, 2.45) is 11.3 Å². The predicted molar refractivity (Wildman–Crippen MR) is 49.6 cm³/mol. The van der Waals surface area contributed by atoms with Gasteiger partial charge in [0, 0.05) is 6.04 Å². The van der Waals surface area contributed by atoms with E-state index in [9.17, 15) is 0 Å². The van der Waals surface area contributed by atoms with Crippen LogP contribution in [0.15, 0.2) is 0 Å². The molecule has 1 N–H and O–H groups in total. The van der Waals surface area contributed by atoms with Crippen LogP contribution in [-0.2, 0) is 0 Å². The fourth-order valence-electron chi connectivity index (χ4n) is 1.30. The Morgan fingerprint density at radius 3 is 2.45 bits per heavy atom. The molecule has 0 aliphatic heterocycles. The van der Waals surface area contributed by atoms with E-state index in [-0.39, 0.29) is 0 Å². The molecule has 2 atom stereocenters. The highest BCUT2D eigenvalue weighted by Gasteiger charge is 2.44. The van der Waals surface area contributed by atoms with Crippen LogP contribution in [0.2, 0.25) is 0 Å². The van der Waals surface area contributed by atoms with Crippen molar-refractivity contribution in [3.8, 4) is 0 Å². The highest BCUT2D eigenvalue weighted by molar-refractivity contribution is 5.01. The van der Waals surface area contributed by atoms with E-state index in [1.165, 1.54) is 19.4 Å². The molecule has 1 saturated carbocycles. The molecular formula is C10H21N. The molecule has 1 rings (SSSR count). The highest BCUT2D eigenvalue weighted by Crippen LogP contribution is 2.44. The molecule has 1 aliphatic rings. The largest absolute Gasteiger partial charge is 0.313 e.